The first-order chi connectivity index (χ1) is 9.06. The van der Waals surface area contributed by atoms with E-state index in [-0.39, 0.29) is 18.1 Å². The molecule has 2 rings (SSSR count). The van der Waals surface area contributed by atoms with Crippen molar-refractivity contribution in [1.29, 1.82) is 0 Å². The van der Waals surface area contributed by atoms with Crippen molar-refractivity contribution >= 4 is 5.91 Å². The zero-order valence-corrected chi connectivity index (χ0v) is 11.5. The molecule has 1 fully saturated rings. The fourth-order valence-electron chi connectivity index (χ4n) is 1.97. The lowest BCUT2D eigenvalue weighted by Gasteiger charge is -2.15. The van der Waals surface area contributed by atoms with Crippen molar-refractivity contribution in [2.24, 2.45) is 0 Å². The highest BCUT2D eigenvalue weighted by atomic mass is 16.5. The number of hydrogen-bond acceptors (Lipinski definition) is 3. The van der Waals surface area contributed by atoms with Gasteiger partial charge in [0.25, 0.3) is 0 Å². The Morgan fingerprint density at radius 3 is 2.79 bits per heavy atom. The minimum absolute atomic E-state index is 0.0244. The molecule has 104 valence electrons. The number of aliphatic hydroxyl groups excluding tert-OH is 1. The topological polar surface area (TPSA) is 58.6 Å². The van der Waals surface area contributed by atoms with Crippen molar-refractivity contribution in [3.63, 3.8) is 0 Å². The highest BCUT2D eigenvalue weighted by Crippen LogP contribution is 2.34. The number of benzene rings is 1. The van der Waals surface area contributed by atoms with Gasteiger partial charge in [0.05, 0.1) is 25.2 Å². The number of hydrogen-bond donors (Lipinski definition) is 2. The van der Waals surface area contributed by atoms with E-state index in [1.807, 2.05) is 32.0 Å². The van der Waals surface area contributed by atoms with Gasteiger partial charge in [0.1, 0.15) is 5.75 Å². The van der Waals surface area contributed by atoms with Crippen LogP contribution < -0.4 is 10.1 Å². The van der Waals surface area contributed by atoms with Crippen LogP contribution in [0.25, 0.3) is 0 Å². The number of carbonyl (C=O) groups excluding carboxylic acids is 1. The number of nitrogens with one attached hydrogen (secondary N) is 1. The summed E-state index contributed by atoms with van der Waals surface area (Å²) in [6.07, 6.45) is 2.05. The van der Waals surface area contributed by atoms with Crippen LogP contribution >= 0.6 is 0 Å². The molecule has 0 spiro atoms. The molecule has 0 atom stereocenters. The minimum Gasteiger partial charge on any atom is -0.493 e. The van der Waals surface area contributed by atoms with E-state index < -0.39 is 0 Å². The van der Waals surface area contributed by atoms with Crippen molar-refractivity contribution < 1.29 is 14.6 Å². The second-order valence-electron chi connectivity index (χ2n) is 5.28. The molecule has 1 aromatic rings. The van der Waals surface area contributed by atoms with Gasteiger partial charge in [-0.25, -0.2) is 0 Å². The summed E-state index contributed by atoms with van der Waals surface area (Å²) in [6, 6.07) is 5.89. The van der Waals surface area contributed by atoms with Gasteiger partial charge >= 0.3 is 0 Å². The number of aliphatic hydroxyl groups is 1. The van der Waals surface area contributed by atoms with E-state index in [9.17, 15) is 4.79 Å². The largest absolute Gasteiger partial charge is 0.493 e. The second-order valence-corrected chi connectivity index (χ2v) is 5.28. The van der Waals surface area contributed by atoms with Crippen molar-refractivity contribution in [2.45, 2.75) is 38.6 Å². The fourth-order valence-corrected chi connectivity index (χ4v) is 1.97. The average Bonchev–Trinajstić information content (AvgIpc) is 3.15. The molecule has 4 heteroatoms. The number of amides is 1. The van der Waals surface area contributed by atoms with Crippen LogP contribution in [0.2, 0.25) is 0 Å². The summed E-state index contributed by atoms with van der Waals surface area (Å²) < 4.78 is 5.63. The molecule has 0 saturated heterocycles. The smallest absolute Gasteiger partial charge is 0.223 e. The van der Waals surface area contributed by atoms with Crippen molar-refractivity contribution in [3.05, 3.63) is 29.3 Å². The second kappa shape index (κ2) is 5.61. The van der Waals surface area contributed by atoms with Crippen molar-refractivity contribution in [3.8, 4) is 5.75 Å². The summed E-state index contributed by atoms with van der Waals surface area (Å²) in [5.41, 5.74) is 1.95. The van der Waals surface area contributed by atoms with Gasteiger partial charge in [-0.3, -0.25) is 4.79 Å². The first kappa shape index (κ1) is 13.9. The Labute approximate surface area is 113 Å². The van der Waals surface area contributed by atoms with E-state index >= 15 is 0 Å². The molecule has 0 bridgehead atoms. The quantitative estimate of drug-likeness (QED) is 0.821. The van der Waals surface area contributed by atoms with Crippen molar-refractivity contribution in [1.82, 2.24) is 5.32 Å². The van der Waals surface area contributed by atoms with Crippen LogP contribution in [0.5, 0.6) is 5.75 Å². The lowest BCUT2D eigenvalue weighted by Crippen LogP contribution is -2.40. The number of rotatable bonds is 6. The summed E-state index contributed by atoms with van der Waals surface area (Å²) >= 11 is 0. The van der Waals surface area contributed by atoms with Crippen LogP contribution in [-0.2, 0) is 4.79 Å². The lowest BCUT2D eigenvalue weighted by atomic mass is 10.1. The Morgan fingerprint density at radius 2 is 2.16 bits per heavy atom. The maximum atomic E-state index is 11.7. The van der Waals surface area contributed by atoms with E-state index in [0.717, 1.165) is 24.2 Å². The van der Waals surface area contributed by atoms with E-state index in [4.69, 9.17) is 9.84 Å². The monoisotopic (exact) mass is 263 g/mol. The van der Waals surface area contributed by atoms with Gasteiger partial charge in [-0.05, 0) is 43.9 Å². The molecule has 19 heavy (non-hydrogen) atoms. The van der Waals surface area contributed by atoms with Crippen LogP contribution in [0.3, 0.4) is 0 Å². The third kappa shape index (κ3) is 3.47. The van der Waals surface area contributed by atoms with Gasteiger partial charge in [-0.1, -0.05) is 12.1 Å². The predicted molar refractivity (Wildman–Crippen MR) is 73.2 cm³/mol. The Balaban J connectivity index is 1.77. The molecule has 0 unspecified atom stereocenters. The third-order valence-electron chi connectivity index (χ3n) is 3.70. The van der Waals surface area contributed by atoms with Crippen LogP contribution in [0.1, 0.15) is 30.4 Å². The SMILES string of the molecule is Cc1cccc(OCCC(=O)NC2(CO)CC2)c1C. The molecule has 1 saturated carbocycles. The van der Waals surface area contributed by atoms with Gasteiger partial charge in [-0.15, -0.1) is 0 Å². The highest BCUT2D eigenvalue weighted by molar-refractivity contribution is 5.77. The zero-order valence-electron chi connectivity index (χ0n) is 11.5. The molecule has 1 aliphatic rings. The first-order valence-corrected chi connectivity index (χ1v) is 6.67. The molecule has 1 aliphatic carbocycles. The molecule has 0 radical (unpaired) electrons. The van der Waals surface area contributed by atoms with Gasteiger partial charge in [0, 0.05) is 0 Å². The minimum atomic E-state index is -0.337. The summed E-state index contributed by atoms with van der Waals surface area (Å²) in [6.45, 7) is 4.43. The van der Waals surface area contributed by atoms with E-state index in [2.05, 4.69) is 5.32 Å². The number of carbonyl (C=O) groups is 1. The maximum Gasteiger partial charge on any atom is 0.223 e. The summed E-state index contributed by atoms with van der Waals surface area (Å²) in [4.78, 5) is 11.7. The van der Waals surface area contributed by atoms with Crippen LogP contribution in [0.15, 0.2) is 18.2 Å². The Hall–Kier alpha value is -1.55. The van der Waals surface area contributed by atoms with Crippen molar-refractivity contribution in [2.75, 3.05) is 13.2 Å². The molecule has 2 N–H and O–H groups in total. The fraction of sp³-hybridized carbons (Fsp3) is 0.533. The van der Waals surface area contributed by atoms with Crippen LogP contribution in [0.4, 0.5) is 0 Å². The van der Waals surface area contributed by atoms with Gasteiger partial charge < -0.3 is 15.2 Å². The molecular weight excluding hydrogens is 242 g/mol. The van der Waals surface area contributed by atoms with Gasteiger partial charge in [0.2, 0.25) is 5.91 Å². The Morgan fingerprint density at radius 1 is 1.42 bits per heavy atom. The van der Waals surface area contributed by atoms with E-state index in [1.165, 1.54) is 5.56 Å². The molecule has 0 aliphatic heterocycles. The average molecular weight is 263 g/mol. The summed E-state index contributed by atoms with van der Waals surface area (Å²) in [5, 5.41) is 12.0. The molecular formula is C15H21NO3. The maximum absolute atomic E-state index is 11.7. The molecule has 0 heterocycles. The van der Waals surface area contributed by atoms with E-state index in [1.54, 1.807) is 0 Å². The lowest BCUT2D eigenvalue weighted by molar-refractivity contribution is -0.122. The Bertz CT molecular complexity index is 466. The standard InChI is InChI=1S/C15H21NO3/c1-11-4-3-5-13(12(11)2)19-9-6-14(18)16-15(10-17)7-8-15/h3-5,17H,6-10H2,1-2H3,(H,16,18). The third-order valence-corrected chi connectivity index (χ3v) is 3.70. The van der Waals surface area contributed by atoms with Crippen LogP contribution in [-0.4, -0.2) is 29.8 Å². The summed E-state index contributed by atoms with van der Waals surface area (Å²) in [5.74, 6) is 0.771. The molecule has 0 aromatic heterocycles. The molecule has 1 amide bonds. The predicted octanol–water partition coefficient (Wildman–Crippen LogP) is 1.71. The molecule has 1 aromatic carbocycles. The van der Waals surface area contributed by atoms with Gasteiger partial charge in [-0.2, -0.15) is 0 Å². The zero-order chi connectivity index (χ0) is 13.9. The number of aryl methyl sites for hydroxylation is 1. The van der Waals surface area contributed by atoms with Crippen LogP contribution in [0, 0.1) is 13.8 Å². The summed E-state index contributed by atoms with van der Waals surface area (Å²) in [7, 11) is 0. The number of ether oxygens (including phenoxy) is 1. The van der Waals surface area contributed by atoms with Gasteiger partial charge in [0.15, 0.2) is 0 Å². The highest BCUT2D eigenvalue weighted by Gasteiger charge is 2.43. The first-order valence-electron chi connectivity index (χ1n) is 6.67. The normalized spacial score (nSPS) is 15.9. The Kier molecular flexibility index (Phi) is 4.10. The molecule has 4 nitrogen and oxygen atoms in total. The van der Waals surface area contributed by atoms with E-state index in [0.29, 0.717) is 13.0 Å².